The predicted octanol–water partition coefficient (Wildman–Crippen LogP) is 6.90. The molecule has 0 spiro atoms. The van der Waals surface area contributed by atoms with Gasteiger partial charge in [0.25, 0.3) is 0 Å². The lowest BCUT2D eigenvalue weighted by Gasteiger charge is -2.31. The van der Waals surface area contributed by atoms with Crippen molar-refractivity contribution in [2.75, 3.05) is 11.6 Å². The van der Waals surface area contributed by atoms with Gasteiger partial charge in [-0.15, -0.1) is 11.8 Å². The molecule has 1 aromatic heterocycles. The number of rotatable bonds is 4. The van der Waals surface area contributed by atoms with Crippen molar-refractivity contribution in [2.45, 2.75) is 30.8 Å². The molecular formula is C28H27N3OS. The molecule has 2 heterocycles. The van der Waals surface area contributed by atoms with Crippen LogP contribution in [0.1, 0.15) is 35.3 Å². The van der Waals surface area contributed by atoms with E-state index in [4.69, 9.17) is 0 Å². The Morgan fingerprint density at radius 3 is 2.52 bits per heavy atom. The van der Waals surface area contributed by atoms with E-state index in [1.165, 1.54) is 4.90 Å². The standard InChI is InChI=1S/C28H27N3OS/c1-3-20-9-4-6-11-24(20)29-28(32)31-19-22-10-5-7-12-25(22)30-18-8-13-26(30)27(31)21-14-16-23(33-2)17-15-21/h4-18,27H,3,19H2,1-2H3,(H,29,32). The fourth-order valence-corrected chi connectivity index (χ4v) is 5.02. The van der Waals surface area contributed by atoms with E-state index in [0.717, 1.165) is 40.2 Å². The van der Waals surface area contributed by atoms with E-state index in [2.05, 4.69) is 89.9 Å². The number of carbonyl (C=O) groups excluding carboxylic acids is 1. The first-order valence-corrected chi connectivity index (χ1v) is 12.5. The molecule has 5 heteroatoms. The molecule has 3 aromatic carbocycles. The number of benzene rings is 3. The van der Waals surface area contributed by atoms with Gasteiger partial charge in [-0.1, -0.05) is 55.5 Å². The Kier molecular flexibility index (Phi) is 5.97. The predicted molar refractivity (Wildman–Crippen MR) is 136 cm³/mol. The van der Waals surface area contributed by atoms with Gasteiger partial charge in [0.05, 0.1) is 18.3 Å². The molecule has 0 aliphatic carbocycles. The SMILES string of the molecule is CCc1ccccc1NC(=O)N1Cc2ccccc2-n2cccc2C1c1ccc(SC)cc1. The lowest BCUT2D eigenvalue weighted by atomic mass is 10.0. The third-order valence-corrected chi connectivity index (χ3v) is 7.04. The first-order valence-electron chi connectivity index (χ1n) is 11.2. The van der Waals surface area contributed by atoms with E-state index in [1.54, 1.807) is 11.8 Å². The minimum absolute atomic E-state index is 0.0979. The number of anilines is 1. The highest BCUT2D eigenvalue weighted by Crippen LogP contribution is 2.37. The molecule has 1 unspecified atom stereocenters. The van der Waals surface area contributed by atoms with Crippen LogP contribution < -0.4 is 5.32 Å². The quantitative estimate of drug-likeness (QED) is 0.341. The van der Waals surface area contributed by atoms with Crippen molar-refractivity contribution >= 4 is 23.5 Å². The highest BCUT2D eigenvalue weighted by Gasteiger charge is 2.33. The summed E-state index contributed by atoms with van der Waals surface area (Å²) in [5.41, 5.74) is 6.42. The number of aromatic nitrogens is 1. The molecule has 4 aromatic rings. The highest BCUT2D eigenvalue weighted by atomic mass is 32.2. The first-order chi connectivity index (χ1) is 16.2. The second kappa shape index (κ2) is 9.20. The van der Waals surface area contributed by atoms with Crippen LogP contribution in [0.3, 0.4) is 0 Å². The normalized spacial score (nSPS) is 14.8. The van der Waals surface area contributed by atoms with Gasteiger partial charge in [-0.05, 0) is 65.8 Å². The molecule has 2 amide bonds. The lowest BCUT2D eigenvalue weighted by Crippen LogP contribution is -2.38. The van der Waals surface area contributed by atoms with E-state index < -0.39 is 0 Å². The summed E-state index contributed by atoms with van der Waals surface area (Å²) in [6.45, 7) is 2.63. The van der Waals surface area contributed by atoms with Crippen LogP contribution in [-0.4, -0.2) is 21.8 Å². The maximum Gasteiger partial charge on any atom is 0.322 e. The van der Waals surface area contributed by atoms with Gasteiger partial charge in [-0.25, -0.2) is 4.79 Å². The summed E-state index contributed by atoms with van der Waals surface area (Å²) in [5.74, 6) is 0. The average Bonchev–Trinajstić information content (AvgIpc) is 3.28. The van der Waals surface area contributed by atoms with Crippen molar-refractivity contribution in [1.82, 2.24) is 9.47 Å². The van der Waals surface area contributed by atoms with E-state index in [1.807, 2.05) is 29.2 Å². The molecule has 1 atom stereocenters. The first kappa shape index (κ1) is 21.4. The molecule has 0 bridgehead atoms. The number of para-hydroxylation sites is 2. The van der Waals surface area contributed by atoms with Crippen LogP contribution in [-0.2, 0) is 13.0 Å². The molecule has 0 saturated heterocycles. The summed E-state index contributed by atoms with van der Waals surface area (Å²) in [5, 5.41) is 3.21. The van der Waals surface area contributed by atoms with E-state index in [9.17, 15) is 4.79 Å². The number of fused-ring (bicyclic) bond motifs is 3. The van der Waals surface area contributed by atoms with Crippen molar-refractivity contribution < 1.29 is 4.79 Å². The molecule has 166 valence electrons. The summed E-state index contributed by atoms with van der Waals surface area (Å²) in [6.07, 6.45) is 5.03. The maximum absolute atomic E-state index is 13.8. The zero-order chi connectivity index (χ0) is 22.8. The Morgan fingerprint density at radius 2 is 1.73 bits per heavy atom. The minimum Gasteiger partial charge on any atom is -0.318 e. The summed E-state index contributed by atoms with van der Waals surface area (Å²) >= 11 is 1.72. The number of hydrogen-bond acceptors (Lipinski definition) is 2. The Morgan fingerprint density at radius 1 is 0.970 bits per heavy atom. The van der Waals surface area contributed by atoms with Gasteiger partial charge in [-0.2, -0.15) is 0 Å². The zero-order valence-electron chi connectivity index (χ0n) is 18.9. The zero-order valence-corrected chi connectivity index (χ0v) is 19.7. The van der Waals surface area contributed by atoms with Gasteiger partial charge in [0.2, 0.25) is 0 Å². The number of nitrogens with one attached hydrogen (secondary N) is 1. The molecule has 4 nitrogen and oxygen atoms in total. The Bertz CT molecular complexity index is 1280. The van der Waals surface area contributed by atoms with Crippen LogP contribution in [0.4, 0.5) is 10.5 Å². The molecule has 1 aliphatic heterocycles. The van der Waals surface area contributed by atoms with Crippen molar-refractivity contribution in [2.24, 2.45) is 0 Å². The number of urea groups is 1. The summed E-state index contributed by atoms with van der Waals surface area (Å²) in [6, 6.07) is 28.8. The van der Waals surface area contributed by atoms with Crippen LogP contribution in [0.15, 0.2) is 96.0 Å². The molecule has 0 saturated carbocycles. The van der Waals surface area contributed by atoms with Crippen molar-refractivity contribution in [3.05, 3.63) is 114 Å². The highest BCUT2D eigenvalue weighted by molar-refractivity contribution is 7.98. The van der Waals surface area contributed by atoms with E-state index in [0.29, 0.717) is 6.54 Å². The largest absolute Gasteiger partial charge is 0.322 e. The summed E-state index contributed by atoms with van der Waals surface area (Å²) in [7, 11) is 0. The van der Waals surface area contributed by atoms with Crippen LogP contribution in [0, 0.1) is 0 Å². The third-order valence-electron chi connectivity index (χ3n) is 6.30. The van der Waals surface area contributed by atoms with Gasteiger partial charge in [0, 0.05) is 22.5 Å². The Balaban J connectivity index is 1.62. The third kappa shape index (κ3) is 4.05. The molecule has 1 aliphatic rings. The number of hydrogen-bond donors (Lipinski definition) is 1. The number of thioether (sulfide) groups is 1. The Hall–Kier alpha value is -3.44. The van der Waals surface area contributed by atoms with Crippen LogP contribution >= 0.6 is 11.8 Å². The minimum atomic E-state index is -0.211. The molecule has 0 fully saturated rings. The summed E-state index contributed by atoms with van der Waals surface area (Å²) < 4.78 is 2.22. The van der Waals surface area contributed by atoms with Gasteiger partial charge in [0.1, 0.15) is 0 Å². The van der Waals surface area contributed by atoms with Crippen LogP contribution in [0.25, 0.3) is 5.69 Å². The summed E-state index contributed by atoms with van der Waals surface area (Å²) in [4.78, 5) is 17.0. The molecule has 0 radical (unpaired) electrons. The van der Waals surface area contributed by atoms with E-state index >= 15 is 0 Å². The lowest BCUT2D eigenvalue weighted by molar-refractivity contribution is 0.194. The van der Waals surface area contributed by atoms with Crippen molar-refractivity contribution in [1.29, 1.82) is 0 Å². The van der Waals surface area contributed by atoms with Gasteiger partial charge >= 0.3 is 6.03 Å². The van der Waals surface area contributed by atoms with Gasteiger partial charge in [-0.3, -0.25) is 0 Å². The van der Waals surface area contributed by atoms with Crippen LogP contribution in [0.5, 0.6) is 0 Å². The topological polar surface area (TPSA) is 37.3 Å². The monoisotopic (exact) mass is 453 g/mol. The second-order valence-corrected chi connectivity index (χ2v) is 9.06. The molecule has 5 rings (SSSR count). The average molecular weight is 454 g/mol. The van der Waals surface area contributed by atoms with Gasteiger partial charge < -0.3 is 14.8 Å². The number of carbonyl (C=O) groups is 1. The van der Waals surface area contributed by atoms with Crippen molar-refractivity contribution in [3.63, 3.8) is 0 Å². The van der Waals surface area contributed by atoms with Crippen molar-refractivity contribution in [3.8, 4) is 5.69 Å². The van der Waals surface area contributed by atoms with Gasteiger partial charge in [0.15, 0.2) is 0 Å². The fraction of sp³-hybridized carbons (Fsp3) is 0.179. The molecular weight excluding hydrogens is 426 g/mol. The second-order valence-electron chi connectivity index (χ2n) is 8.18. The number of aryl methyl sites for hydroxylation is 1. The fourth-order valence-electron chi connectivity index (χ4n) is 4.61. The number of amides is 2. The molecule has 1 N–H and O–H groups in total. The number of nitrogens with zero attached hydrogens (tertiary/aromatic N) is 2. The Labute approximate surface area is 199 Å². The smallest absolute Gasteiger partial charge is 0.318 e. The molecule has 33 heavy (non-hydrogen) atoms. The van der Waals surface area contributed by atoms with E-state index in [-0.39, 0.29) is 12.1 Å². The maximum atomic E-state index is 13.8. The van der Waals surface area contributed by atoms with Crippen LogP contribution in [0.2, 0.25) is 0 Å².